The maximum atomic E-state index is 12.9. The first-order valence-electron chi connectivity index (χ1n) is 10.4. The molecule has 1 aromatic heterocycles. The van der Waals surface area contributed by atoms with E-state index in [-0.39, 0.29) is 17.7 Å². The lowest BCUT2D eigenvalue weighted by atomic mass is 9.95. The zero-order valence-electron chi connectivity index (χ0n) is 17.2. The van der Waals surface area contributed by atoms with Gasteiger partial charge in [-0.1, -0.05) is 5.21 Å². The van der Waals surface area contributed by atoms with E-state index in [0.717, 1.165) is 5.52 Å². The van der Waals surface area contributed by atoms with Crippen LogP contribution in [-0.4, -0.2) is 58.0 Å². The van der Waals surface area contributed by atoms with Crippen molar-refractivity contribution in [1.82, 2.24) is 19.9 Å². The molecule has 0 radical (unpaired) electrons. The van der Waals surface area contributed by atoms with Crippen LogP contribution in [0.25, 0.3) is 11.0 Å². The van der Waals surface area contributed by atoms with Crippen molar-refractivity contribution in [3.05, 3.63) is 42.0 Å². The molecule has 9 nitrogen and oxygen atoms in total. The summed E-state index contributed by atoms with van der Waals surface area (Å²) in [6.45, 7) is 2.11. The molecule has 31 heavy (non-hydrogen) atoms. The number of amides is 2. The van der Waals surface area contributed by atoms with Crippen molar-refractivity contribution in [2.75, 3.05) is 31.6 Å². The van der Waals surface area contributed by atoms with E-state index in [9.17, 15) is 9.59 Å². The number of likely N-dealkylation sites (tertiary alicyclic amines) is 1. The summed E-state index contributed by atoms with van der Waals surface area (Å²) in [7, 11) is 1.82. The highest BCUT2D eigenvalue weighted by Gasteiger charge is 2.28. The molecule has 3 aromatic rings. The smallest absolute Gasteiger partial charge is 0.253 e. The Labute approximate surface area is 178 Å². The van der Waals surface area contributed by atoms with Gasteiger partial charge in [-0.3, -0.25) is 9.59 Å². The Bertz CT molecular complexity index is 1150. The van der Waals surface area contributed by atoms with Crippen LogP contribution in [0.1, 0.15) is 23.2 Å². The van der Waals surface area contributed by atoms with Crippen LogP contribution in [0.15, 0.2) is 36.4 Å². The fourth-order valence-corrected chi connectivity index (χ4v) is 4.07. The van der Waals surface area contributed by atoms with Crippen LogP contribution in [0.5, 0.6) is 11.5 Å². The van der Waals surface area contributed by atoms with E-state index in [1.165, 1.54) is 0 Å². The summed E-state index contributed by atoms with van der Waals surface area (Å²) in [5.74, 6) is 1.11. The van der Waals surface area contributed by atoms with Gasteiger partial charge in [-0.2, -0.15) is 0 Å². The van der Waals surface area contributed by atoms with Gasteiger partial charge in [0.1, 0.15) is 18.7 Å². The first kappa shape index (κ1) is 19.3. The van der Waals surface area contributed by atoms with Gasteiger partial charge >= 0.3 is 0 Å². The van der Waals surface area contributed by atoms with E-state index in [2.05, 4.69) is 15.6 Å². The SMILES string of the molecule is Cn1nnc2cc(C(=O)N3CCC(C(=O)Nc4ccc5c(c4)OCCO5)CC3)ccc21. The minimum absolute atomic E-state index is 0.0373. The number of carbonyl (C=O) groups is 2. The van der Waals surface area contributed by atoms with Crippen LogP contribution in [0, 0.1) is 5.92 Å². The molecule has 3 heterocycles. The Hall–Kier alpha value is -3.62. The molecule has 9 heteroatoms. The lowest BCUT2D eigenvalue weighted by Crippen LogP contribution is -2.41. The topological polar surface area (TPSA) is 98.6 Å². The van der Waals surface area contributed by atoms with E-state index in [1.807, 2.05) is 19.2 Å². The summed E-state index contributed by atoms with van der Waals surface area (Å²) in [5.41, 5.74) is 2.85. The van der Waals surface area contributed by atoms with Crippen molar-refractivity contribution in [3.8, 4) is 11.5 Å². The van der Waals surface area contributed by atoms with Gasteiger partial charge in [-0.05, 0) is 43.2 Å². The number of benzene rings is 2. The summed E-state index contributed by atoms with van der Waals surface area (Å²) >= 11 is 0. The molecular weight excluding hydrogens is 398 g/mol. The summed E-state index contributed by atoms with van der Waals surface area (Å²) < 4.78 is 12.8. The number of piperidine rings is 1. The molecule has 0 aliphatic carbocycles. The number of hydrogen-bond acceptors (Lipinski definition) is 6. The van der Waals surface area contributed by atoms with Gasteiger partial charge in [-0.15, -0.1) is 5.10 Å². The number of fused-ring (bicyclic) bond motifs is 2. The van der Waals surface area contributed by atoms with Gasteiger partial charge in [-0.25, -0.2) is 4.68 Å². The fraction of sp³-hybridized carbons (Fsp3) is 0.364. The van der Waals surface area contributed by atoms with Crippen molar-refractivity contribution >= 4 is 28.5 Å². The van der Waals surface area contributed by atoms with Gasteiger partial charge in [0.15, 0.2) is 11.5 Å². The zero-order chi connectivity index (χ0) is 21.4. The van der Waals surface area contributed by atoms with E-state index < -0.39 is 0 Å². The highest BCUT2D eigenvalue weighted by molar-refractivity contribution is 5.98. The molecular formula is C22H23N5O4. The standard InChI is InChI=1S/C22H23N5O4/c1-26-18-4-2-15(12-17(18)24-25-26)22(29)27-8-6-14(7-9-27)21(28)23-16-3-5-19-20(13-16)31-11-10-30-19/h2-5,12-14H,6-11H2,1H3,(H,23,28). The number of rotatable bonds is 3. The van der Waals surface area contributed by atoms with Crippen molar-refractivity contribution in [1.29, 1.82) is 0 Å². The number of nitrogens with one attached hydrogen (secondary N) is 1. The number of anilines is 1. The number of ether oxygens (including phenoxy) is 2. The van der Waals surface area contributed by atoms with Crippen LogP contribution in [0.4, 0.5) is 5.69 Å². The molecule has 160 valence electrons. The Morgan fingerprint density at radius 1 is 1.03 bits per heavy atom. The average molecular weight is 421 g/mol. The molecule has 0 bridgehead atoms. The lowest BCUT2D eigenvalue weighted by molar-refractivity contribution is -0.121. The molecule has 0 atom stereocenters. The Morgan fingerprint density at radius 3 is 2.61 bits per heavy atom. The second-order valence-corrected chi connectivity index (χ2v) is 7.83. The highest BCUT2D eigenvalue weighted by Crippen LogP contribution is 2.33. The molecule has 0 unspecified atom stereocenters. The highest BCUT2D eigenvalue weighted by atomic mass is 16.6. The average Bonchev–Trinajstić information content (AvgIpc) is 3.18. The summed E-state index contributed by atoms with van der Waals surface area (Å²) in [6, 6.07) is 10.8. The van der Waals surface area contributed by atoms with Crippen LogP contribution in [-0.2, 0) is 11.8 Å². The fourth-order valence-electron chi connectivity index (χ4n) is 4.07. The molecule has 5 rings (SSSR count). The second kappa shape index (κ2) is 7.90. The summed E-state index contributed by atoms with van der Waals surface area (Å²) in [6.07, 6.45) is 1.24. The monoisotopic (exact) mass is 421 g/mol. The third-order valence-electron chi connectivity index (χ3n) is 5.82. The summed E-state index contributed by atoms with van der Waals surface area (Å²) in [4.78, 5) is 27.4. The zero-order valence-corrected chi connectivity index (χ0v) is 17.2. The number of hydrogen-bond donors (Lipinski definition) is 1. The largest absolute Gasteiger partial charge is 0.486 e. The predicted octanol–water partition coefficient (Wildman–Crippen LogP) is 2.23. The normalized spacial score (nSPS) is 16.4. The van der Waals surface area contributed by atoms with Gasteiger partial charge in [0, 0.05) is 43.4 Å². The Kier molecular flexibility index (Phi) is 4.93. The lowest BCUT2D eigenvalue weighted by Gasteiger charge is -2.31. The van der Waals surface area contributed by atoms with Crippen LogP contribution in [0.2, 0.25) is 0 Å². The quantitative estimate of drug-likeness (QED) is 0.696. The van der Waals surface area contributed by atoms with E-state index >= 15 is 0 Å². The van der Waals surface area contributed by atoms with E-state index in [1.54, 1.807) is 33.8 Å². The number of nitrogens with zero attached hydrogens (tertiary/aromatic N) is 4. The predicted molar refractivity (Wildman–Crippen MR) is 113 cm³/mol. The summed E-state index contributed by atoms with van der Waals surface area (Å²) in [5, 5.41) is 11.0. The van der Waals surface area contributed by atoms with Crippen LogP contribution >= 0.6 is 0 Å². The molecule has 2 aliphatic rings. The van der Waals surface area contributed by atoms with Crippen LogP contribution in [0.3, 0.4) is 0 Å². The Morgan fingerprint density at radius 2 is 1.81 bits per heavy atom. The minimum atomic E-state index is -0.139. The molecule has 2 aromatic carbocycles. The molecule has 1 saturated heterocycles. The Balaban J connectivity index is 1.19. The van der Waals surface area contributed by atoms with Gasteiger partial charge in [0.2, 0.25) is 5.91 Å². The van der Waals surface area contributed by atoms with Gasteiger partial charge in [0.25, 0.3) is 5.91 Å². The molecule has 2 aliphatic heterocycles. The molecule has 0 saturated carbocycles. The third kappa shape index (κ3) is 3.78. The van der Waals surface area contributed by atoms with E-state index in [0.29, 0.717) is 67.4 Å². The van der Waals surface area contributed by atoms with Crippen molar-refractivity contribution in [2.45, 2.75) is 12.8 Å². The molecule has 1 N–H and O–H groups in total. The number of carbonyl (C=O) groups excluding carboxylic acids is 2. The maximum Gasteiger partial charge on any atom is 0.253 e. The van der Waals surface area contributed by atoms with Crippen molar-refractivity contribution in [3.63, 3.8) is 0 Å². The second-order valence-electron chi connectivity index (χ2n) is 7.83. The molecule has 2 amide bonds. The third-order valence-corrected chi connectivity index (χ3v) is 5.82. The molecule has 0 spiro atoms. The minimum Gasteiger partial charge on any atom is -0.486 e. The van der Waals surface area contributed by atoms with Gasteiger partial charge < -0.3 is 19.7 Å². The van der Waals surface area contributed by atoms with Crippen LogP contribution < -0.4 is 14.8 Å². The first-order valence-corrected chi connectivity index (χ1v) is 10.4. The van der Waals surface area contributed by atoms with Gasteiger partial charge in [0.05, 0.1) is 5.52 Å². The number of aromatic nitrogens is 3. The molecule has 1 fully saturated rings. The van der Waals surface area contributed by atoms with Crippen molar-refractivity contribution < 1.29 is 19.1 Å². The van der Waals surface area contributed by atoms with Crippen molar-refractivity contribution in [2.24, 2.45) is 13.0 Å². The number of aryl methyl sites for hydroxylation is 1. The maximum absolute atomic E-state index is 12.9. The van der Waals surface area contributed by atoms with E-state index in [4.69, 9.17) is 9.47 Å². The first-order chi connectivity index (χ1) is 15.1.